The predicted molar refractivity (Wildman–Crippen MR) is 105 cm³/mol. The first kappa shape index (κ1) is 19.8. The lowest BCUT2D eigenvalue weighted by Gasteiger charge is -2.12. The molecule has 0 radical (unpaired) electrons. The van der Waals surface area contributed by atoms with Crippen LogP contribution in [0.3, 0.4) is 0 Å². The van der Waals surface area contributed by atoms with Crippen molar-refractivity contribution in [1.82, 2.24) is 0 Å². The van der Waals surface area contributed by atoms with Gasteiger partial charge in [-0.05, 0) is 24.6 Å². The Balaban J connectivity index is 2.21. The molecular weight excluding hydrogens is 380 g/mol. The summed E-state index contributed by atoms with van der Waals surface area (Å²) in [6.45, 7) is 3.05. The smallest absolute Gasteiger partial charge is 0.341 e. The molecule has 0 fully saturated rings. The predicted octanol–water partition coefficient (Wildman–Crippen LogP) is 3.07. The van der Waals surface area contributed by atoms with Crippen LogP contribution in [0.1, 0.15) is 5.56 Å². The van der Waals surface area contributed by atoms with Gasteiger partial charge in [-0.2, -0.15) is 0 Å². The number of aromatic hydroxyl groups is 2. The van der Waals surface area contributed by atoms with Crippen LogP contribution in [-0.2, 0) is 11.2 Å². The summed E-state index contributed by atoms with van der Waals surface area (Å²) in [4.78, 5) is 23.4. The van der Waals surface area contributed by atoms with Crippen molar-refractivity contribution < 1.29 is 34.0 Å². The maximum Gasteiger partial charge on any atom is 0.341 e. The molecule has 3 aromatic rings. The van der Waals surface area contributed by atoms with Gasteiger partial charge in [-0.1, -0.05) is 6.08 Å². The number of allylic oxidation sites excluding steroid dienone is 1. The molecule has 0 aliphatic heterocycles. The Kier molecular flexibility index (Phi) is 5.45. The number of fused-ring (bicyclic) bond motifs is 1. The number of phenols is 2. The molecule has 3 N–H and O–H groups in total. The first-order chi connectivity index (χ1) is 13.8. The highest BCUT2D eigenvalue weighted by Crippen LogP contribution is 2.37. The highest BCUT2D eigenvalue weighted by atomic mass is 16.5. The molecule has 0 unspecified atom stereocenters. The number of phenolic OH excluding ortho intramolecular Hbond substituents is 2. The van der Waals surface area contributed by atoms with Gasteiger partial charge < -0.3 is 29.2 Å². The summed E-state index contributed by atoms with van der Waals surface area (Å²) in [5.74, 6) is -1.18. The van der Waals surface area contributed by atoms with Gasteiger partial charge in [0.05, 0.1) is 7.11 Å². The number of ether oxygens (including phenoxy) is 2. The van der Waals surface area contributed by atoms with Crippen LogP contribution >= 0.6 is 0 Å². The minimum absolute atomic E-state index is 0.0359. The molecule has 0 saturated heterocycles. The average molecular weight is 398 g/mol. The number of carboxylic acids is 1. The van der Waals surface area contributed by atoms with Crippen molar-refractivity contribution in [3.05, 3.63) is 58.8 Å². The molecule has 3 rings (SSSR count). The van der Waals surface area contributed by atoms with Crippen molar-refractivity contribution in [2.75, 3.05) is 13.7 Å². The van der Waals surface area contributed by atoms with Gasteiger partial charge in [0.15, 0.2) is 23.5 Å². The number of carboxylic acid groups (broad SMARTS) is 1. The lowest BCUT2D eigenvalue weighted by Crippen LogP contribution is -2.10. The molecule has 1 aromatic heterocycles. The first-order valence-electron chi connectivity index (χ1n) is 8.51. The Hall–Kier alpha value is -3.94. The quantitative estimate of drug-likeness (QED) is 0.518. The topological polar surface area (TPSA) is 126 Å². The zero-order valence-electron chi connectivity index (χ0n) is 15.5. The molecule has 0 bridgehead atoms. The second-order valence-electron chi connectivity index (χ2n) is 6.11. The zero-order chi connectivity index (χ0) is 21.1. The van der Waals surface area contributed by atoms with Crippen LogP contribution in [0.15, 0.2) is 52.2 Å². The number of methoxy groups -OCH3 is 1. The van der Waals surface area contributed by atoms with Crippen molar-refractivity contribution in [3.63, 3.8) is 0 Å². The van der Waals surface area contributed by atoms with Crippen LogP contribution < -0.4 is 14.9 Å². The molecule has 2 aromatic carbocycles. The molecule has 8 nitrogen and oxygen atoms in total. The fraction of sp³-hybridized carbons (Fsp3) is 0.143. The van der Waals surface area contributed by atoms with Crippen LogP contribution in [0.4, 0.5) is 0 Å². The van der Waals surface area contributed by atoms with Crippen molar-refractivity contribution in [2.24, 2.45) is 0 Å². The summed E-state index contributed by atoms with van der Waals surface area (Å²) in [6, 6.07) is 6.90. The van der Waals surface area contributed by atoms with Crippen LogP contribution in [-0.4, -0.2) is 35.0 Å². The van der Waals surface area contributed by atoms with E-state index < -0.39 is 23.8 Å². The summed E-state index contributed by atoms with van der Waals surface area (Å²) in [7, 11) is 1.41. The molecule has 0 amide bonds. The Morgan fingerprint density at radius 2 is 1.93 bits per heavy atom. The van der Waals surface area contributed by atoms with Crippen molar-refractivity contribution in [2.45, 2.75) is 6.42 Å². The molecule has 1 heterocycles. The van der Waals surface area contributed by atoms with Gasteiger partial charge in [0.25, 0.3) is 0 Å². The molecule has 0 aliphatic rings. The largest absolute Gasteiger partial charge is 0.507 e. The molecule has 0 aliphatic carbocycles. The molecule has 8 heteroatoms. The average Bonchev–Trinajstić information content (AvgIpc) is 2.68. The first-order valence-corrected chi connectivity index (χ1v) is 8.51. The number of aliphatic carboxylic acids is 1. The molecule has 29 heavy (non-hydrogen) atoms. The Bertz CT molecular complexity index is 1160. The van der Waals surface area contributed by atoms with E-state index >= 15 is 0 Å². The van der Waals surface area contributed by atoms with Crippen LogP contribution in [0.5, 0.6) is 23.0 Å². The van der Waals surface area contributed by atoms with Gasteiger partial charge in [0.2, 0.25) is 0 Å². The third-order valence-electron chi connectivity index (χ3n) is 4.21. The van der Waals surface area contributed by atoms with E-state index in [1.807, 2.05) is 0 Å². The summed E-state index contributed by atoms with van der Waals surface area (Å²) in [5, 5.41) is 29.0. The second kappa shape index (κ2) is 7.97. The third-order valence-corrected chi connectivity index (χ3v) is 4.21. The monoisotopic (exact) mass is 398 g/mol. The summed E-state index contributed by atoms with van der Waals surface area (Å²) in [5.41, 5.74) is 0.252. The number of benzene rings is 2. The fourth-order valence-corrected chi connectivity index (χ4v) is 2.92. The zero-order valence-corrected chi connectivity index (χ0v) is 15.5. The maximum absolute atomic E-state index is 12.6. The molecule has 0 spiro atoms. The second-order valence-corrected chi connectivity index (χ2v) is 6.11. The van der Waals surface area contributed by atoms with Gasteiger partial charge in [-0.25, -0.2) is 4.79 Å². The normalized spacial score (nSPS) is 10.7. The van der Waals surface area contributed by atoms with E-state index in [-0.39, 0.29) is 34.6 Å². The van der Waals surface area contributed by atoms with Crippen LogP contribution in [0, 0.1) is 0 Å². The Morgan fingerprint density at radius 1 is 1.17 bits per heavy atom. The highest BCUT2D eigenvalue weighted by Gasteiger charge is 2.18. The molecule has 0 atom stereocenters. The lowest BCUT2D eigenvalue weighted by molar-refractivity contribution is -0.139. The van der Waals surface area contributed by atoms with E-state index in [0.29, 0.717) is 16.9 Å². The standard InChI is InChI=1S/C21H18O8/c1-3-4-12-13(22)8-14(23)20-15(24)9-17(29-21(12)20)11-5-6-16(27-2)18(7-11)28-10-19(25)26/h3,5-9,22-23H,1,4,10H2,2H3,(H,25,26). The number of carbonyl (C=O) groups is 1. The van der Waals surface area contributed by atoms with Crippen molar-refractivity contribution in [1.29, 1.82) is 0 Å². The maximum atomic E-state index is 12.6. The fourth-order valence-electron chi connectivity index (χ4n) is 2.92. The van der Waals surface area contributed by atoms with Gasteiger partial charge in [0.1, 0.15) is 28.2 Å². The lowest BCUT2D eigenvalue weighted by atomic mass is 10.0. The number of rotatable bonds is 7. The van der Waals surface area contributed by atoms with Gasteiger partial charge in [-0.3, -0.25) is 4.79 Å². The number of hydrogen-bond acceptors (Lipinski definition) is 7. The summed E-state index contributed by atoms with van der Waals surface area (Å²) < 4.78 is 16.2. The van der Waals surface area contributed by atoms with E-state index in [1.54, 1.807) is 12.1 Å². The Morgan fingerprint density at radius 3 is 2.59 bits per heavy atom. The number of hydrogen-bond donors (Lipinski definition) is 3. The minimum Gasteiger partial charge on any atom is -0.507 e. The van der Waals surface area contributed by atoms with Gasteiger partial charge in [-0.15, -0.1) is 6.58 Å². The molecule has 150 valence electrons. The van der Waals surface area contributed by atoms with E-state index in [1.165, 1.54) is 25.3 Å². The van der Waals surface area contributed by atoms with Crippen LogP contribution in [0.25, 0.3) is 22.3 Å². The SMILES string of the molecule is C=CCc1c(O)cc(O)c2c(=O)cc(-c3ccc(OC)c(OCC(=O)O)c3)oc12. The highest BCUT2D eigenvalue weighted by molar-refractivity contribution is 5.89. The van der Waals surface area contributed by atoms with Gasteiger partial charge >= 0.3 is 5.97 Å². The van der Waals surface area contributed by atoms with E-state index in [0.717, 1.165) is 6.07 Å². The van der Waals surface area contributed by atoms with E-state index in [9.17, 15) is 19.8 Å². The third kappa shape index (κ3) is 3.86. The van der Waals surface area contributed by atoms with E-state index in [4.69, 9.17) is 19.0 Å². The molecule has 0 saturated carbocycles. The Labute approximate surface area is 164 Å². The van der Waals surface area contributed by atoms with E-state index in [2.05, 4.69) is 6.58 Å². The van der Waals surface area contributed by atoms with Crippen molar-refractivity contribution in [3.8, 4) is 34.3 Å². The van der Waals surface area contributed by atoms with Crippen molar-refractivity contribution >= 4 is 16.9 Å². The van der Waals surface area contributed by atoms with Crippen LogP contribution in [0.2, 0.25) is 0 Å². The van der Waals surface area contributed by atoms with Gasteiger partial charge in [0, 0.05) is 23.3 Å². The summed E-state index contributed by atoms with van der Waals surface area (Å²) >= 11 is 0. The molecular formula is C21H18O8. The minimum atomic E-state index is -1.16. The summed E-state index contributed by atoms with van der Waals surface area (Å²) in [6.07, 6.45) is 1.74.